The van der Waals surface area contributed by atoms with Crippen molar-refractivity contribution in [3.63, 3.8) is 0 Å². The van der Waals surface area contributed by atoms with Crippen LogP contribution < -0.4 is 0 Å². The van der Waals surface area contributed by atoms with Crippen LogP contribution >= 0.6 is 0 Å². The van der Waals surface area contributed by atoms with E-state index in [2.05, 4.69) is 52.1 Å². The first-order valence-corrected chi connectivity index (χ1v) is 9.52. The molecule has 2 aliphatic heterocycles. The van der Waals surface area contributed by atoms with Gasteiger partial charge in [-0.25, -0.2) is 0 Å². The fourth-order valence-electron chi connectivity index (χ4n) is 4.15. The highest BCUT2D eigenvalue weighted by Gasteiger charge is 2.33. The summed E-state index contributed by atoms with van der Waals surface area (Å²) in [4.78, 5) is 7.58. The maximum absolute atomic E-state index is 9.78. The number of hydrogen-bond donors (Lipinski definition) is 1. The van der Waals surface area contributed by atoms with Crippen molar-refractivity contribution in [3.05, 3.63) is 35.9 Å². The van der Waals surface area contributed by atoms with Crippen LogP contribution in [0.2, 0.25) is 0 Å². The molecule has 4 nitrogen and oxygen atoms in total. The minimum Gasteiger partial charge on any atom is -0.396 e. The molecular weight excluding hydrogens is 298 g/mol. The van der Waals surface area contributed by atoms with Crippen LogP contribution in [0.3, 0.4) is 0 Å². The quantitative estimate of drug-likeness (QED) is 0.818. The number of piperazine rings is 1. The molecule has 1 aromatic rings. The molecule has 3 rings (SSSR count). The summed E-state index contributed by atoms with van der Waals surface area (Å²) in [6.07, 6.45) is 2.37. The summed E-state index contributed by atoms with van der Waals surface area (Å²) in [5, 5.41) is 9.78. The van der Waals surface area contributed by atoms with Gasteiger partial charge < -0.3 is 19.8 Å². The van der Waals surface area contributed by atoms with Gasteiger partial charge in [-0.05, 0) is 43.8 Å². The van der Waals surface area contributed by atoms with Crippen molar-refractivity contribution in [1.82, 2.24) is 14.7 Å². The third kappa shape index (κ3) is 5.03. The second-order valence-electron chi connectivity index (χ2n) is 7.66. The number of hydrogen-bond acceptors (Lipinski definition) is 4. The topological polar surface area (TPSA) is 30.0 Å². The summed E-state index contributed by atoms with van der Waals surface area (Å²) >= 11 is 0. The smallest absolute Gasteiger partial charge is 0.0475 e. The Bertz CT molecular complexity index is 473. The first-order valence-electron chi connectivity index (χ1n) is 9.52. The highest BCUT2D eigenvalue weighted by molar-refractivity contribution is 5.14. The Balaban J connectivity index is 1.42. The molecule has 0 bridgehead atoms. The Morgan fingerprint density at radius 1 is 0.958 bits per heavy atom. The third-order valence-corrected chi connectivity index (χ3v) is 5.76. The Morgan fingerprint density at radius 3 is 2.38 bits per heavy atom. The molecule has 2 fully saturated rings. The molecule has 0 saturated carbocycles. The second-order valence-corrected chi connectivity index (χ2v) is 7.66. The fourth-order valence-corrected chi connectivity index (χ4v) is 4.15. The average molecular weight is 332 g/mol. The highest BCUT2D eigenvalue weighted by Crippen LogP contribution is 2.25. The van der Waals surface area contributed by atoms with Crippen molar-refractivity contribution in [2.24, 2.45) is 11.8 Å². The number of aliphatic hydroxyl groups is 1. The molecule has 2 saturated heterocycles. The van der Waals surface area contributed by atoms with Gasteiger partial charge >= 0.3 is 0 Å². The van der Waals surface area contributed by atoms with Gasteiger partial charge in [0.05, 0.1) is 0 Å². The van der Waals surface area contributed by atoms with Crippen molar-refractivity contribution in [2.45, 2.75) is 12.8 Å². The minimum absolute atomic E-state index is 0.341. The molecule has 0 aliphatic carbocycles. The fraction of sp³-hybridized carbons (Fsp3) is 0.700. The predicted molar refractivity (Wildman–Crippen MR) is 99.2 cm³/mol. The number of likely N-dealkylation sites (tertiary alicyclic amines) is 1. The Hall–Kier alpha value is -0.940. The standard InChI is InChI=1S/C20H33N3O/c1-21-10-12-22(13-11-21)14-19-15-23(16-20(19)17-24)9-5-8-18-6-3-2-4-7-18/h2-4,6-7,19-20,24H,5,8-17H2,1H3/t19-,20-/m1/s1. The second kappa shape index (κ2) is 8.95. The zero-order valence-corrected chi connectivity index (χ0v) is 15.1. The summed E-state index contributed by atoms with van der Waals surface area (Å²) in [6.45, 7) is 9.61. The average Bonchev–Trinajstić information content (AvgIpc) is 3.00. The lowest BCUT2D eigenvalue weighted by Gasteiger charge is -2.34. The SMILES string of the molecule is CN1CCN(C[C@@H]2CN(CCCc3ccccc3)C[C@@H]2CO)CC1. The lowest BCUT2D eigenvalue weighted by atomic mass is 9.96. The summed E-state index contributed by atoms with van der Waals surface area (Å²) in [5.41, 5.74) is 1.43. The van der Waals surface area contributed by atoms with Crippen LogP contribution in [0.5, 0.6) is 0 Å². The van der Waals surface area contributed by atoms with Crippen molar-refractivity contribution >= 4 is 0 Å². The van der Waals surface area contributed by atoms with Crippen LogP contribution in [0, 0.1) is 11.8 Å². The molecule has 2 atom stereocenters. The Kier molecular flexibility index (Phi) is 6.67. The number of benzene rings is 1. The first kappa shape index (κ1) is 17.9. The van der Waals surface area contributed by atoms with E-state index >= 15 is 0 Å². The summed E-state index contributed by atoms with van der Waals surface area (Å²) in [5.74, 6) is 1.09. The normalized spacial score (nSPS) is 26.9. The van der Waals surface area contributed by atoms with E-state index in [0.29, 0.717) is 18.4 Å². The molecular formula is C20H33N3O. The predicted octanol–water partition coefficient (Wildman–Crippen LogP) is 1.41. The molecule has 0 aromatic heterocycles. The van der Waals surface area contributed by atoms with Crippen LogP contribution in [0.15, 0.2) is 30.3 Å². The summed E-state index contributed by atoms with van der Waals surface area (Å²) in [7, 11) is 2.21. The molecule has 0 amide bonds. The molecule has 0 radical (unpaired) electrons. The molecule has 4 heteroatoms. The molecule has 2 aliphatic rings. The van der Waals surface area contributed by atoms with Crippen LogP contribution in [0.25, 0.3) is 0 Å². The van der Waals surface area contributed by atoms with Crippen LogP contribution in [0.4, 0.5) is 0 Å². The van der Waals surface area contributed by atoms with Crippen molar-refractivity contribution < 1.29 is 5.11 Å². The van der Waals surface area contributed by atoms with E-state index in [4.69, 9.17) is 0 Å². The monoisotopic (exact) mass is 331 g/mol. The number of likely N-dealkylation sites (N-methyl/N-ethyl adjacent to an activating group) is 1. The first-order chi connectivity index (χ1) is 11.7. The largest absolute Gasteiger partial charge is 0.396 e. The highest BCUT2D eigenvalue weighted by atomic mass is 16.3. The Morgan fingerprint density at radius 2 is 1.67 bits per heavy atom. The zero-order valence-electron chi connectivity index (χ0n) is 15.1. The number of aryl methyl sites for hydroxylation is 1. The van der Waals surface area contributed by atoms with Gasteiger partial charge in [-0.2, -0.15) is 0 Å². The van der Waals surface area contributed by atoms with Gasteiger partial charge in [0.15, 0.2) is 0 Å². The van der Waals surface area contributed by atoms with Crippen molar-refractivity contribution in [3.8, 4) is 0 Å². The van der Waals surface area contributed by atoms with Crippen molar-refractivity contribution in [2.75, 3.05) is 66.0 Å². The van der Waals surface area contributed by atoms with E-state index in [1.54, 1.807) is 0 Å². The van der Waals surface area contributed by atoms with Gasteiger partial charge in [0.1, 0.15) is 0 Å². The van der Waals surface area contributed by atoms with Gasteiger partial charge in [-0.1, -0.05) is 30.3 Å². The number of rotatable bonds is 7. The van der Waals surface area contributed by atoms with Gasteiger partial charge in [0, 0.05) is 52.4 Å². The molecule has 0 unspecified atom stereocenters. The lowest BCUT2D eigenvalue weighted by Crippen LogP contribution is -2.47. The van der Waals surface area contributed by atoms with Crippen LogP contribution in [0.1, 0.15) is 12.0 Å². The molecule has 1 aromatic carbocycles. The van der Waals surface area contributed by atoms with Crippen LogP contribution in [-0.2, 0) is 6.42 Å². The maximum atomic E-state index is 9.78. The van der Waals surface area contributed by atoms with Gasteiger partial charge in [-0.3, -0.25) is 0 Å². The number of nitrogens with zero attached hydrogens (tertiary/aromatic N) is 3. The van der Waals surface area contributed by atoms with Crippen molar-refractivity contribution in [1.29, 1.82) is 0 Å². The zero-order chi connectivity index (χ0) is 16.8. The van der Waals surface area contributed by atoms with E-state index < -0.39 is 0 Å². The maximum Gasteiger partial charge on any atom is 0.0475 e. The van der Waals surface area contributed by atoms with Gasteiger partial charge in [0.2, 0.25) is 0 Å². The lowest BCUT2D eigenvalue weighted by molar-refractivity contribution is 0.116. The third-order valence-electron chi connectivity index (χ3n) is 5.76. The van der Waals surface area contributed by atoms with E-state index in [1.807, 2.05) is 0 Å². The van der Waals surface area contributed by atoms with Gasteiger partial charge in [0.25, 0.3) is 0 Å². The van der Waals surface area contributed by atoms with E-state index in [1.165, 1.54) is 38.2 Å². The molecule has 134 valence electrons. The van der Waals surface area contributed by atoms with E-state index in [9.17, 15) is 5.11 Å². The van der Waals surface area contributed by atoms with E-state index in [0.717, 1.165) is 32.6 Å². The van der Waals surface area contributed by atoms with E-state index in [-0.39, 0.29) is 0 Å². The van der Waals surface area contributed by atoms with Gasteiger partial charge in [-0.15, -0.1) is 0 Å². The minimum atomic E-state index is 0.341. The Labute approximate surface area is 147 Å². The molecule has 1 N–H and O–H groups in total. The van der Waals surface area contributed by atoms with Crippen LogP contribution in [-0.4, -0.2) is 85.8 Å². The summed E-state index contributed by atoms with van der Waals surface area (Å²) in [6, 6.07) is 10.8. The molecule has 24 heavy (non-hydrogen) atoms. The molecule has 0 spiro atoms. The molecule has 2 heterocycles. The summed E-state index contributed by atoms with van der Waals surface area (Å²) < 4.78 is 0. The number of aliphatic hydroxyl groups excluding tert-OH is 1.